The molecule has 1 aromatic carbocycles. The Kier molecular flexibility index (Phi) is 10.7. The molecule has 2 rings (SSSR count). The van der Waals surface area contributed by atoms with Crippen molar-refractivity contribution in [3.8, 4) is 0 Å². The molecule has 1 aliphatic rings. The second kappa shape index (κ2) is 13.0. The van der Waals surface area contributed by atoms with E-state index in [0.29, 0.717) is 43.9 Å². The van der Waals surface area contributed by atoms with Crippen LogP contribution >= 0.6 is 11.6 Å². The van der Waals surface area contributed by atoms with E-state index in [0.717, 1.165) is 12.8 Å². The molecule has 0 spiro atoms. The van der Waals surface area contributed by atoms with Gasteiger partial charge in [0, 0.05) is 24.6 Å². The van der Waals surface area contributed by atoms with E-state index >= 15 is 0 Å². The average Bonchev–Trinajstić information content (AvgIpc) is 2.74. The molecular formula is C20H29ClN2O7S. The van der Waals surface area contributed by atoms with Gasteiger partial charge in [-0.1, -0.05) is 18.0 Å². The second-order valence-electron chi connectivity index (χ2n) is 7.25. The highest BCUT2D eigenvalue weighted by atomic mass is 35.5. The number of carbonyl (C=O) groups excluding carboxylic acids is 1. The van der Waals surface area contributed by atoms with Crippen LogP contribution in [0.3, 0.4) is 0 Å². The summed E-state index contributed by atoms with van der Waals surface area (Å²) in [6.07, 6.45) is 3.90. The predicted molar refractivity (Wildman–Crippen MR) is 114 cm³/mol. The van der Waals surface area contributed by atoms with E-state index in [1.54, 1.807) is 0 Å². The summed E-state index contributed by atoms with van der Waals surface area (Å²) >= 11 is 5.82. The molecule has 1 heterocycles. The summed E-state index contributed by atoms with van der Waals surface area (Å²) in [5.74, 6) is -1.38. The molecule has 0 saturated carbocycles. The maximum atomic E-state index is 12.7. The molecule has 11 heteroatoms. The monoisotopic (exact) mass is 476 g/mol. The summed E-state index contributed by atoms with van der Waals surface area (Å²) < 4.78 is 38.9. The predicted octanol–water partition coefficient (Wildman–Crippen LogP) is 2.29. The summed E-state index contributed by atoms with van der Waals surface area (Å²) in [4.78, 5) is 23.2. The topological polar surface area (TPSA) is 131 Å². The van der Waals surface area contributed by atoms with E-state index in [-0.39, 0.29) is 17.9 Å². The summed E-state index contributed by atoms with van der Waals surface area (Å²) in [5, 5.41) is 11.7. The van der Waals surface area contributed by atoms with E-state index in [4.69, 9.17) is 26.2 Å². The summed E-state index contributed by atoms with van der Waals surface area (Å²) in [6.45, 7) is 0.689. The van der Waals surface area contributed by atoms with Crippen molar-refractivity contribution in [3.63, 3.8) is 0 Å². The van der Waals surface area contributed by atoms with Crippen LogP contribution in [0.4, 0.5) is 0 Å². The van der Waals surface area contributed by atoms with Gasteiger partial charge in [-0.05, 0) is 56.4 Å². The number of rotatable bonds is 13. The van der Waals surface area contributed by atoms with Crippen molar-refractivity contribution in [3.05, 3.63) is 29.3 Å². The number of benzene rings is 1. The third kappa shape index (κ3) is 9.53. The maximum Gasteiger partial charge on any atom is 0.303 e. The minimum atomic E-state index is -3.98. The van der Waals surface area contributed by atoms with E-state index in [1.807, 2.05) is 0 Å². The van der Waals surface area contributed by atoms with Crippen LogP contribution in [0, 0.1) is 0 Å². The van der Waals surface area contributed by atoms with Gasteiger partial charge in [-0.25, -0.2) is 8.42 Å². The van der Waals surface area contributed by atoms with Crippen molar-refractivity contribution in [2.75, 3.05) is 19.8 Å². The zero-order valence-electron chi connectivity index (χ0n) is 17.2. The standard InChI is InChI=1S/C20H29ClN2O7S/c21-15-8-10-16(11-9-15)31(27,28)23-17(14-30-19-7-3-5-13-29-19)20(26)22-12-4-1-2-6-18(24)25/h8-11,17,19,23H,1-7,12-14H2,(H,22,26)(H,24,25). The first-order valence-electron chi connectivity index (χ1n) is 10.3. The number of carboxylic acid groups (broad SMARTS) is 1. The van der Waals surface area contributed by atoms with E-state index in [2.05, 4.69) is 10.0 Å². The number of aliphatic carboxylic acids is 1. The van der Waals surface area contributed by atoms with Gasteiger partial charge in [-0.15, -0.1) is 0 Å². The van der Waals surface area contributed by atoms with Crippen molar-refractivity contribution in [2.24, 2.45) is 0 Å². The number of carbonyl (C=O) groups is 2. The van der Waals surface area contributed by atoms with Crippen LogP contribution in [0.15, 0.2) is 29.2 Å². The van der Waals surface area contributed by atoms with E-state index < -0.39 is 34.2 Å². The normalized spacial score (nSPS) is 17.8. The number of ether oxygens (including phenoxy) is 2. The molecule has 1 aliphatic heterocycles. The van der Waals surface area contributed by atoms with Crippen molar-refractivity contribution < 1.29 is 32.6 Å². The first-order valence-corrected chi connectivity index (χ1v) is 12.1. The molecule has 1 aromatic rings. The fourth-order valence-corrected chi connectivity index (χ4v) is 4.30. The van der Waals surface area contributed by atoms with Crippen molar-refractivity contribution in [1.82, 2.24) is 10.0 Å². The molecule has 0 radical (unpaired) electrons. The van der Waals surface area contributed by atoms with Crippen molar-refractivity contribution in [1.29, 1.82) is 0 Å². The van der Waals surface area contributed by atoms with Crippen LogP contribution in [0.2, 0.25) is 5.02 Å². The van der Waals surface area contributed by atoms with Crippen LogP contribution in [0.25, 0.3) is 0 Å². The molecule has 0 bridgehead atoms. The van der Waals surface area contributed by atoms with Crippen LogP contribution in [-0.4, -0.2) is 57.5 Å². The zero-order chi connectivity index (χ0) is 22.7. The summed E-state index contributed by atoms with van der Waals surface area (Å²) in [6, 6.07) is 4.47. The number of unbranched alkanes of at least 4 members (excludes halogenated alkanes) is 2. The molecule has 1 saturated heterocycles. The van der Waals surface area contributed by atoms with Gasteiger partial charge >= 0.3 is 5.97 Å². The van der Waals surface area contributed by atoms with Crippen LogP contribution in [0.1, 0.15) is 44.9 Å². The average molecular weight is 477 g/mol. The Labute approximate surface area is 187 Å². The number of nitrogens with one attached hydrogen (secondary N) is 2. The van der Waals surface area contributed by atoms with E-state index in [1.165, 1.54) is 24.3 Å². The quantitative estimate of drug-likeness (QED) is 0.372. The first-order chi connectivity index (χ1) is 14.8. The fraction of sp³-hybridized carbons (Fsp3) is 0.600. The molecule has 0 aliphatic carbocycles. The Hall–Kier alpha value is -1.72. The second-order valence-corrected chi connectivity index (χ2v) is 9.40. The minimum absolute atomic E-state index is 0.0164. The van der Waals surface area contributed by atoms with Gasteiger partial charge in [0.15, 0.2) is 6.29 Å². The zero-order valence-corrected chi connectivity index (χ0v) is 18.8. The molecule has 2 atom stereocenters. The molecule has 1 amide bonds. The number of sulfonamides is 1. The van der Waals surface area contributed by atoms with Gasteiger partial charge < -0.3 is 19.9 Å². The highest BCUT2D eigenvalue weighted by Crippen LogP contribution is 2.16. The highest BCUT2D eigenvalue weighted by molar-refractivity contribution is 7.89. The molecule has 0 aromatic heterocycles. The smallest absolute Gasteiger partial charge is 0.303 e. The Bertz CT molecular complexity index is 811. The third-order valence-electron chi connectivity index (χ3n) is 4.69. The number of hydrogen-bond donors (Lipinski definition) is 3. The molecular weight excluding hydrogens is 448 g/mol. The van der Waals surface area contributed by atoms with Gasteiger partial charge in [0.25, 0.3) is 0 Å². The van der Waals surface area contributed by atoms with Crippen LogP contribution in [-0.2, 0) is 29.1 Å². The van der Waals surface area contributed by atoms with Gasteiger partial charge in [0.2, 0.25) is 15.9 Å². The SMILES string of the molecule is O=C(O)CCCCCNC(=O)C(COC1CCCCO1)NS(=O)(=O)c1ccc(Cl)cc1. The van der Waals surface area contributed by atoms with Gasteiger partial charge in [-0.3, -0.25) is 9.59 Å². The minimum Gasteiger partial charge on any atom is -0.481 e. The van der Waals surface area contributed by atoms with Crippen molar-refractivity contribution >= 4 is 33.5 Å². The lowest BCUT2D eigenvalue weighted by Gasteiger charge is -2.25. The Morgan fingerprint density at radius 3 is 2.58 bits per heavy atom. The highest BCUT2D eigenvalue weighted by Gasteiger charge is 2.27. The lowest BCUT2D eigenvalue weighted by molar-refractivity contribution is -0.167. The molecule has 2 unspecified atom stereocenters. The molecule has 31 heavy (non-hydrogen) atoms. The first kappa shape index (κ1) is 25.5. The van der Waals surface area contributed by atoms with Crippen LogP contribution < -0.4 is 10.0 Å². The van der Waals surface area contributed by atoms with Crippen molar-refractivity contribution in [2.45, 2.75) is 62.2 Å². The van der Waals surface area contributed by atoms with Crippen LogP contribution in [0.5, 0.6) is 0 Å². The fourth-order valence-electron chi connectivity index (χ4n) is 2.99. The number of carboxylic acids is 1. The lowest BCUT2D eigenvalue weighted by Crippen LogP contribution is -2.50. The van der Waals surface area contributed by atoms with E-state index in [9.17, 15) is 18.0 Å². The van der Waals surface area contributed by atoms with Gasteiger partial charge in [-0.2, -0.15) is 4.72 Å². The number of halogens is 1. The Morgan fingerprint density at radius 1 is 1.19 bits per heavy atom. The summed E-state index contributed by atoms with van der Waals surface area (Å²) in [7, 11) is -3.98. The Balaban J connectivity index is 1.95. The third-order valence-corrected chi connectivity index (χ3v) is 6.43. The maximum absolute atomic E-state index is 12.7. The molecule has 1 fully saturated rings. The largest absolute Gasteiger partial charge is 0.481 e. The number of amides is 1. The Morgan fingerprint density at radius 2 is 1.94 bits per heavy atom. The molecule has 9 nitrogen and oxygen atoms in total. The molecule has 174 valence electrons. The van der Waals surface area contributed by atoms with Gasteiger partial charge in [0.05, 0.1) is 11.5 Å². The lowest BCUT2D eigenvalue weighted by atomic mass is 10.2. The number of hydrogen-bond acceptors (Lipinski definition) is 6. The molecule has 3 N–H and O–H groups in total. The van der Waals surface area contributed by atoms with Gasteiger partial charge in [0.1, 0.15) is 6.04 Å². The summed E-state index contributed by atoms with van der Waals surface area (Å²) in [5.41, 5.74) is 0.